The number of aromatic nitrogens is 1. The van der Waals surface area contributed by atoms with Crippen LogP contribution in [0.5, 0.6) is 0 Å². The van der Waals surface area contributed by atoms with E-state index in [2.05, 4.69) is 16.9 Å². The Morgan fingerprint density at radius 1 is 1.33 bits per heavy atom. The van der Waals surface area contributed by atoms with Crippen LogP contribution < -0.4 is 17.0 Å². The van der Waals surface area contributed by atoms with Crippen LogP contribution in [0.15, 0.2) is 45.1 Å². The van der Waals surface area contributed by atoms with E-state index in [1.165, 1.54) is 64.7 Å². The molecule has 1 saturated carbocycles. The number of nitrogen functional groups attached to an aromatic ring is 1. The Balaban J connectivity index is 0.000000540. The van der Waals surface area contributed by atoms with Crippen molar-refractivity contribution in [1.82, 2.24) is 4.98 Å². The van der Waals surface area contributed by atoms with Crippen LogP contribution in [0.25, 0.3) is 0 Å². The lowest BCUT2D eigenvalue weighted by molar-refractivity contribution is -0.0227. The van der Waals surface area contributed by atoms with Crippen molar-refractivity contribution >= 4 is 28.0 Å². The highest BCUT2D eigenvalue weighted by Gasteiger charge is 2.28. The fraction of sp³-hybridized carbons (Fsp3) is 0.500. The van der Waals surface area contributed by atoms with Crippen LogP contribution in [-0.4, -0.2) is 40.1 Å². The number of aromatic amines is 1. The van der Waals surface area contributed by atoms with Gasteiger partial charge in [0, 0.05) is 42.6 Å². The molecule has 1 aliphatic rings. The second-order valence-electron chi connectivity index (χ2n) is 8.94. The first-order valence-corrected chi connectivity index (χ1v) is 13.4. The van der Waals surface area contributed by atoms with Gasteiger partial charge in [-0.25, -0.2) is 4.99 Å². The zero-order valence-corrected chi connectivity index (χ0v) is 22.7. The molecule has 6 N–H and O–H groups in total. The molecule has 3 rings (SSSR count). The Bertz CT molecular complexity index is 1130. The number of rotatable bonds is 6. The fourth-order valence-electron chi connectivity index (χ4n) is 3.88. The van der Waals surface area contributed by atoms with Gasteiger partial charge in [-0.3, -0.25) is 9.00 Å². The minimum Gasteiger partial charge on any atom is -0.398 e. The Morgan fingerprint density at radius 3 is 2.42 bits per heavy atom. The van der Waals surface area contributed by atoms with E-state index >= 15 is 0 Å². The summed E-state index contributed by atoms with van der Waals surface area (Å²) in [6.45, 7) is 5.35. The van der Waals surface area contributed by atoms with Gasteiger partial charge in [-0.1, -0.05) is 39.0 Å². The maximum Gasteiger partial charge on any atom is 0.261 e. The molecule has 2 unspecified atom stereocenters. The standard InChI is InChI=1S/C17H22N4O4S.C7H14.C2H3N/c1-17(23,9-25-2)11-8-10(4-5-13(11)26(3)24)21-15(19)14-12(18)6-7-20-16(14)22;1-7-5-3-2-4-6-7;1-2-3/h4-8,23H,9H2,1-3H3,(H2,19,21)(H3,18,20,22);7H,2-6H2,1H3;1H3. The van der Waals surface area contributed by atoms with E-state index in [1.54, 1.807) is 31.2 Å². The summed E-state index contributed by atoms with van der Waals surface area (Å²) in [6.07, 6.45) is 10.4. The molecule has 10 heteroatoms. The molecule has 2 atom stereocenters. The number of ether oxygens (including phenoxy) is 1. The number of nitrogens with zero attached hydrogens (tertiary/aromatic N) is 2. The average molecular weight is 518 g/mol. The SMILES string of the molecule is CC#N.CC1CCCCC1.COCC(C)(O)c1cc(N=C(N)c2c(N)cc[nH]c2=O)ccc1S(C)=O. The number of anilines is 1. The lowest BCUT2D eigenvalue weighted by Gasteiger charge is -2.25. The van der Waals surface area contributed by atoms with Crippen LogP contribution in [0, 0.1) is 17.2 Å². The quantitative estimate of drug-likeness (QED) is 0.334. The van der Waals surface area contributed by atoms with Crippen LogP contribution in [0.1, 0.15) is 64.0 Å². The Labute approximate surface area is 216 Å². The van der Waals surface area contributed by atoms with Gasteiger partial charge in [0.25, 0.3) is 5.56 Å². The number of methoxy groups -OCH3 is 1. The summed E-state index contributed by atoms with van der Waals surface area (Å²) in [7, 11) is 0.135. The highest BCUT2D eigenvalue weighted by atomic mass is 32.2. The topological polar surface area (TPSA) is 168 Å². The van der Waals surface area contributed by atoms with Crippen molar-refractivity contribution in [3.63, 3.8) is 0 Å². The molecule has 0 amide bonds. The molecule has 36 heavy (non-hydrogen) atoms. The summed E-state index contributed by atoms with van der Waals surface area (Å²) in [4.78, 5) is 19.1. The van der Waals surface area contributed by atoms with Gasteiger partial charge < -0.3 is 26.3 Å². The van der Waals surface area contributed by atoms with Gasteiger partial charge in [0.2, 0.25) is 0 Å². The molecule has 0 bridgehead atoms. The predicted molar refractivity (Wildman–Crippen MR) is 146 cm³/mol. The number of hydrogen-bond acceptors (Lipinski definition) is 7. The summed E-state index contributed by atoms with van der Waals surface area (Å²) < 4.78 is 17.0. The number of aliphatic hydroxyl groups is 1. The second-order valence-corrected chi connectivity index (χ2v) is 10.3. The van der Waals surface area contributed by atoms with Gasteiger partial charge in [0.05, 0.1) is 29.2 Å². The normalized spacial score (nSPS) is 16.3. The van der Waals surface area contributed by atoms with E-state index in [9.17, 15) is 14.1 Å². The number of pyridine rings is 1. The first-order chi connectivity index (χ1) is 17.0. The third kappa shape index (κ3) is 9.57. The van der Waals surface area contributed by atoms with Crippen LogP contribution in [0.4, 0.5) is 11.4 Å². The first-order valence-electron chi connectivity index (χ1n) is 11.8. The number of H-pyrrole nitrogens is 1. The molecule has 0 radical (unpaired) electrons. The fourth-order valence-corrected chi connectivity index (χ4v) is 4.73. The molecule has 1 heterocycles. The average Bonchev–Trinajstić information content (AvgIpc) is 2.80. The van der Waals surface area contributed by atoms with Gasteiger partial charge in [0.15, 0.2) is 0 Å². The van der Waals surface area contributed by atoms with Gasteiger partial charge in [-0.15, -0.1) is 0 Å². The summed E-state index contributed by atoms with van der Waals surface area (Å²) >= 11 is 0. The van der Waals surface area contributed by atoms with E-state index in [4.69, 9.17) is 21.5 Å². The van der Waals surface area contributed by atoms with Crippen molar-refractivity contribution in [1.29, 1.82) is 5.26 Å². The maximum absolute atomic E-state index is 12.0. The Hall–Kier alpha value is -3.00. The van der Waals surface area contributed by atoms with Crippen molar-refractivity contribution in [2.24, 2.45) is 16.6 Å². The number of amidine groups is 1. The van der Waals surface area contributed by atoms with Crippen LogP contribution in [-0.2, 0) is 21.1 Å². The highest BCUT2D eigenvalue weighted by molar-refractivity contribution is 7.84. The summed E-state index contributed by atoms with van der Waals surface area (Å²) in [5, 5.41) is 18.0. The number of nitrogens with one attached hydrogen (secondary N) is 1. The third-order valence-corrected chi connectivity index (χ3v) is 6.65. The highest BCUT2D eigenvalue weighted by Crippen LogP contribution is 2.31. The summed E-state index contributed by atoms with van der Waals surface area (Å²) in [5.74, 6) is 0.973. The molecule has 9 nitrogen and oxygen atoms in total. The summed E-state index contributed by atoms with van der Waals surface area (Å²) in [6, 6.07) is 8.02. The predicted octanol–water partition coefficient (Wildman–Crippen LogP) is 3.70. The molecule has 1 aromatic heterocycles. The van der Waals surface area contributed by atoms with Gasteiger partial charge in [-0.05, 0) is 37.1 Å². The molecule has 0 spiro atoms. The Morgan fingerprint density at radius 2 is 1.94 bits per heavy atom. The minimum atomic E-state index is -1.38. The molecule has 0 aliphatic heterocycles. The van der Waals surface area contributed by atoms with Gasteiger partial charge >= 0.3 is 0 Å². The van der Waals surface area contributed by atoms with E-state index in [0.29, 0.717) is 16.1 Å². The van der Waals surface area contributed by atoms with Crippen LogP contribution in [0.2, 0.25) is 0 Å². The molecule has 1 aliphatic carbocycles. The van der Waals surface area contributed by atoms with Gasteiger partial charge in [-0.2, -0.15) is 5.26 Å². The van der Waals surface area contributed by atoms with E-state index in [1.807, 2.05) is 0 Å². The minimum absolute atomic E-state index is 0.00511. The molecule has 198 valence electrons. The smallest absolute Gasteiger partial charge is 0.261 e. The Kier molecular flexibility index (Phi) is 13.1. The molecule has 1 fully saturated rings. The zero-order valence-electron chi connectivity index (χ0n) is 21.8. The van der Waals surface area contributed by atoms with E-state index in [0.717, 1.165) is 5.92 Å². The second kappa shape index (κ2) is 15.2. The van der Waals surface area contributed by atoms with E-state index in [-0.39, 0.29) is 23.7 Å². The van der Waals surface area contributed by atoms with Crippen molar-refractivity contribution in [3.8, 4) is 6.07 Å². The molecular formula is C26H39N5O4S. The van der Waals surface area contributed by atoms with Crippen molar-refractivity contribution < 1.29 is 14.1 Å². The molecule has 1 aromatic carbocycles. The molecular weight excluding hydrogens is 478 g/mol. The molecule has 2 aromatic rings. The van der Waals surface area contributed by atoms with Crippen molar-refractivity contribution in [2.45, 2.75) is 63.4 Å². The van der Waals surface area contributed by atoms with Crippen molar-refractivity contribution in [2.75, 3.05) is 25.7 Å². The molecule has 0 saturated heterocycles. The van der Waals surface area contributed by atoms with Crippen LogP contribution in [0.3, 0.4) is 0 Å². The number of hydrogen-bond donors (Lipinski definition) is 4. The zero-order chi connectivity index (χ0) is 27.3. The maximum atomic E-state index is 12.0. The van der Waals surface area contributed by atoms with Crippen LogP contribution >= 0.6 is 0 Å². The van der Waals surface area contributed by atoms with Gasteiger partial charge in [0.1, 0.15) is 17.0 Å². The number of nitriles is 1. The lowest BCUT2D eigenvalue weighted by atomic mass is 9.91. The third-order valence-electron chi connectivity index (χ3n) is 5.67. The number of nitrogens with two attached hydrogens (primary N) is 2. The first kappa shape index (κ1) is 31.0. The largest absolute Gasteiger partial charge is 0.398 e. The monoisotopic (exact) mass is 517 g/mol. The lowest BCUT2D eigenvalue weighted by Crippen LogP contribution is -2.28. The number of benzene rings is 1. The summed E-state index contributed by atoms with van der Waals surface area (Å²) in [5.41, 5.74) is 11.0. The van der Waals surface area contributed by atoms with Crippen molar-refractivity contribution in [3.05, 3.63) is 51.9 Å². The van der Waals surface area contributed by atoms with E-state index < -0.39 is 22.0 Å². The number of aliphatic imine (C=N–C) groups is 1.